The van der Waals surface area contributed by atoms with E-state index in [0.29, 0.717) is 5.69 Å². The van der Waals surface area contributed by atoms with Gasteiger partial charge < -0.3 is 10.2 Å². The van der Waals surface area contributed by atoms with Crippen molar-refractivity contribution in [2.24, 2.45) is 5.92 Å². The third-order valence-corrected chi connectivity index (χ3v) is 4.32. The lowest BCUT2D eigenvalue weighted by Crippen LogP contribution is -2.47. The zero-order chi connectivity index (χ0) is 13.5. The highest BCUT2D eigenvalue weighted by molar-refractivity contribution is 5.93. The van der Waals surface area contributed by atoms with Crippen LogP contribution in [-0.2, 0) is 0 Å². The fraction of sp³-hybridized carbons (Fsp3) is 0.500. The van der Waals surface area contributed by atoms with Crippen LogP contribution in [0.3, 0.4) is 0 Å². The number of nitrogens with one attached hydrogen (secondary N) is 1. The smallest absolute Gasteiger partial charge is 0.270 e. The third-order valence-electron chi connectivity index (χ3n) is 4.32. The molecule has 2 aliphatic heterocycles. The van der Waals surface area contributed by atoms with E-state index in [1.165, 1.54) is 19.5 Å². The number of amides is 1. The maximum Gasteiger partial charge on any atom is 0.270 e. The monoisotopic (exact) mass is 271 g/mol. The Labute approximate surface area is 116 Å². The van der Waals surface area contributed by atoms with Crippen molar-refractivity contribution >= 4 is 11.6 Å². The third kappa shape index (κ3) is 2.06. The van der Waals surface area contributed by atoms with E-state index < -0.39 is 0 Å². The molecule has 4 rings (SSSR count). The van der Waals surface area contributed by atoms with Crippen LogP contribution in [0.25, 0.3) is 5.65 Å². The molecule has 0 aromatic carbocycles. The second kappa shape index (κ2) is 4.56. The molecule has 1 amide bonds. The second-order valence-electron chi connectivity index (χ2n) is 5.79. The Morgan fingerprint density at radius 3 is 3.20 bits per heavy atom. The fourth-order valence-corrected chi connectivity index (χ4v) is 3.37. The van der Waals surface area contributed by atoms with E-state index in [2.05, 4.69) is 20.2 Å². The molecule has 104 valence electrons. The van der Waals surface area contributed by atoms with Gasteiger partial charge in [-0.2, -0.15) is 0 Å². The molecule has 0 aliphatic carbocycles. The molecule has 1 unspecified atom stereocenters. The minimum Gasteiger partial charge on any atom is -0.347 e. The van der Waals surface area contributed by atoms with E-state index in [0.717, 1.165) is 24.5 Å². The van der Waals surface area contributed by atoms with Gasteiger partial charge in [0.05, 0.1) is 0 Å². The number of hydrogen-bond donors (Lipinski definition) is 1. The molecule has 2 aromatic rings. The van der Waals surface area contributed by atoms with Gasteiger partial charge in [0.1, 0.15) is 17.7 Å². The van der Waals surface area contributed by atoms with Gasteiger partial charge in [0, 0.05) is 37.6 Å². The number of imidazole rings is 1. The predicted octanol–water partition coefficient (Wildman–Crippen LogP) is 0.553. The van der Waals surface area contributed by atoms with Gasteiger partial charge in [0.15, 0.2) is 0 Å². The molecule has 2 bridgehead atoms. The van der Waals surface area contributed by atoms with E-state index in [1.807, 2.05) is 6.20 Å². The summed E-state index contributed by atoms with van der Waals surface area (Å²) in [5.74, 6) is 0.653. The van der Waals surface area contributed by atoms with Crippen LogP contribution >= 0.6 is 0 Å². The molecule has 0 spiro atoms. The van der Waals surface area contributed by atoms with Crippen molar-refractivity contribution < 1.29 is 4.79 Å². The minimum absolute atomic E-state index is 0.0944. The fourth-order valence-electron chi connectivity index (χ4n) is 3.37. The van der Waals surface area contributed by atoms with Crippen LogP contribution in [-0.4, -0.2) is 50.9 Å². The van der Waals surface area contributed by atoms with Gasteiger partial charge in [-0.15, -0.1) is 0 Å². The van der Waals surface area contributed by atoms with Crippen molar-refractivity contribution in [2.45, 2.75) is 18.9 Å². The average molecular weight is 271 g/mol. The first-order valence-corrected chi connectivity index (χ1v) is 7.10. The molecule has 1 N–H and O–H groups in total. The zero-order valence-electron chi connectivity index (χ0n) is 11.2. The number of rotatable bonds is 2. The first-order valence-electron chi connectivity index (χ1n) is 7.10. The summed E-state index contributed by atoms with van der Waals surface area (Å²) >= 11 is 0. The summed E-state index contributed by atoms with van der Waals surface area (Å²) in [6, 6.07) is 1.98. The van der Waals surface area contributed by atoms with Gasteiger partial charge in [0.2, 0.25) is 0 Å². The first-order chi connectivity index (χ1) is 9.78. The van der Waals surface area contributed by atoms with Crippen molar-refractivity contribution in [1.29, 1.82) is 0 Å². The summed E-state index contributed by atoms with van der Waals surface area (Å²) in [5.41, 5.74) is 1.19. The lowest BCUT2D eigenvalue weighted by atomic mass is 9.97. The Kier molecular flexibility index (Phi) is 2.70. The Bertz CT molecular complexity index is 640. The summed E-state index contributed by atoms with van der Waals surface area (Å²) in [4.78, 5) is 23.1. The normalized spacial score (nSPS) is 28.7. The summed E-state index contributed by atoms with van der Waals surface area (Å²) in [7, 11) is 0. The lowest BCUT2D eigenvalue weighted by molar-refractivity contribution is 0.0904. The highest BCUT2D eigenvalue weighted by Gasteiger charge is 2.33. The van der Waals surface area contributed by atoms with Gasteiger partial charge in [-0.3, -0.25) is 9.20 Å². The second-order valence-corrected chi connectivity index (χ2v) is 5.79. The molecule has 20 heavy (non-hydrogen) atoms. The number of aromatic nitrogens is 3. The van der Waals surface area contributed by atoms with E-state index in [9.17, 15) is 4.79 Å². The Balaban J connectivity index is 1.49. The Morgan fingerprint density at radius 2 is 2.30 bits per heavy atom. The molecule has 2 aliphatic rings. The standard InChI is InChI=1S/C14H17N5O/c20-14(12-6-13-15-2-4-19(13)9-16-12)17-11-5-10-1-3-18(7-10)8-11/h2,4,6,9-11H,1,3,5,7-8H2,(H,17,20)/t10-,11+/m0/s1. The van der Waals surface area contributed by atoms with Gasteiger partial charge in [-0.1, -0.05) is 0 Å². The highest BCUT2D eigenvalue weighted by atomic mass is 16.1. The largest absolute Gasteiger partial charge is 0.347 e. The molecule has 2 saturated heterocycles. The van der Waals surface area contributed by atoms with Crippen LogP contribution < -0.4 is 5.32 Å². The minimum atomic E-state index is -0.0944. The number of piperidine rings is 1. The topological polar surface area (TPSA) is 62.5 Å². The van der Waals surface area contributed by atoms with Crippen LogP contribution in [0.2, 0.25) is 0 Å². The van der Waals surface area contributed by atoms with Crippen LogP contribution in [0.1, 0.15) is 23.3 Å². The van der Waals surface area contributed by atoms with Crippen molar-refractivity contribution in [3.63, 3.8) is 0 Å². The number of nitrogens with zero attached hydrogens (tertiary/aromatic N) is 4. The number of hydrogen-bond acceptors (Lipinski definition) is 4. The Hall–Kier alpha value is -1.95. The van der Waals surface area contributed by atoms with Gasteiger partial charge >= 0.3 is 0 Å². The van der Waals surface area contributed by atoms with Crippen LogP contribution in [0.5, 0.6) is 0 Å². The summed E-state index contributed by atoms with van der Waals surface area (Å²) in [6.45, 7) is 3.34. The summed E-state index contributed by atoms with van der Waals surface area (Å²) < 4.78 is 1.79. The van der Waals surface area contributed by atoms with Gasteiger partial charge in [-0.25, -0.2) is 9.97 Å². The van der Waals surface area contributed by atoms with Gasteiger partial charge in [0.25, 0.3) is 5.91 Å². The van der Waals surface area contributed by atoms with Crippen molar-refractivity contribution in [2.75, 3.05) is 19.6 Å². The molecule has 2 fully saturated rings. The molecule has 4 heterocycles. The van der Waals surface area contributed by atoms with Crippen molar-refractivity contribution in [1.82, 2.24) is 24.6 Å². The molecular weight excluding hydrogens is 254 g/mol. The Morgan fingerprint density at radius 1 is 1.35 bits per heavy atom. The molecular formula is C14H17N5O. The summed E-state index contributed by atoms with van der Waals surface area (Å²) in [5, 5.41) is 3.11. The van der Waals surface area contributed by atoms with Crippen molar-refractivity contribution in [3.05, 3.63) is 30.5 Å². The quantitative estimate of drug-likeness (QED) is 0.866. The molecule has 0 radical (unpaired) electrons. The molecule has 0 saturated carbocycles. The maximum atomic E-state index is 12.3. The lowest BCUT2D eigenvalue weighted by Gasteiger charge is -2.30. The van der Waals surface area contributed by atoms with Crippen LogP contribution in [0, 0.1) is 5.92 Å². The average Bonchev–Trinajstić information content (AvgIpc) is 3.04. The SMILES string of the molecule is O=C(N[C@@H]1C[C@@H]2CCN(C2)C1)c1cc2nccn2cn1. The number of carbonyl (C=O) groups excluding carboxylic acids is 1. The summed E-state index contributed by atoms with van der Waals surface area (Å²) in [6.07, 6.45) is 7.50. The number of fused-ring (bicyclic) bond motifs is 3. The van der Waals surface area contributed by atoms with Crippen molar-refractivity contribution in [3.8, 4) is 0 Å². The molecule has 6 heteroatoms. The molecule has 2 aromatic heterocycles. The molecule has 3 atom stereocenters. The van der Waals surface area contributed by atoms with E-state index in [1.54, 1.807) is 23.0 Å². The highest BCUT2D eigenvalue weighted by Crippen LogP contribution is 2.26. The maximum absolute atomic E-state index is 12.3. The van der Waals surface area contributed by atoms with Gasteiger partial charge in [-0.05, 0) is 25.3 Å². The zero-order valence-corrected chi connectivity index (χ0v) is 11.2. The van der Waals surface area contributed by atoms with E-state index in [-0.39, 0.29) is 11.9 Å². The van der Waals surface area contributed by atoms with Crippen LogP contribution in [0.15, 0.2) is 24.8 Å². The van der Waals surface area contributed by atoms with E-state index in [4.69, 9.17) is 0 Å². The number of carbonyl (C=O) groups is 1. The van der Waals surface area contributed by atoms with E-state index >= 15 is 0 Å². The predicted molar refractivity (Wildman–Crippen MR) is 73.4 cm³/mol. The first kappa shape index (κ1) is 11.8. The molecule has 6 nitrogen and oxygen atoms in total. The van der Waals surface area contributed by atoms with Crippen LogP contribution in [0.4, 0.5) is 0 Å².